The van der Waals surface area contributed by atoms with Crippen LogP contribution in [-0.2, 0) is 11.2 Å². The second-order valence-corrected chi connectivity index (χ2v) is 6.39. The van der Waals surface area contributed by atoms with Crippen molar-refractivity contribution in [2.24, 2.45) is 0 Å². The molecular weight excluding hydrogens is 324 g/mol. The van der Waals surface area contributed by atoms with Crippen molar-refractivity contribution in [3.8, 4) is 0 Å². The highest BCUT2D eigenvalue weighted by Gasteiger charge is 2.16. The first-order valence-corrected chi connectivity index (χ1v) is 8.57. The topological polar surface area (TPSA) is 50.4 Å². The fourth-order valence-electron chi connectivity index (χ4n) is 2.84. The van der Waals surface area contributed by atoms with Gasteiger partial charge in [0.1, 0.15) is 0 Å². The van der Waals surface area contributed by atoms with E-state index in [1.165, 1.54) is 12.0 Å². The highest BCUT2D eigenvalue weighted by atomic mass is 35.5. The van der Waals surface area contributed by atoms with Gasteiger partial charge in [0.2, 0.25) is 0 Å². The molecule has 0 aromatic heterocycles. The lowest BCUT2D eigenvalue weighted by atomic mass is 9.98. The number of benzene rings is 2. The van der Waals surface area contributed by atoms with Crippen LogP contribution in [0.15, 0.2) is 48.5 Å². The quantitative estimate of drug-likeness (QED) is 0.854. The monoisotopic (exact) mass is 344 g/mol. The van der Waals surface area contributed by atoms with Gasteiger partial charge in [0.15, 0.2) is 0 Å². The fraction of sp³-hybridized carbons (Fsp3) is 0.316. The maximum absolute atomic E-state index is 11.8. The Kier molecular flexibility index (Phi) is 5.72. The van der Waals surface area contributed by atoms with Gasteiger partial charge in [-0.3, -0.25) is 5.32 Å². The summed E-state index contributed by atoms with van der Waals surface area (Å²) >= 11 is 5.84. The van der Waals surface area contributed by atoms with Gasteiger partial charge in [-0.1, -0.05) is 35.9 Å². The molecule has 0 saturated carbocycles. The zero-order valence-electron chi connectivity index (χ0n) is 13.4. The van der Waals surface area contributed by atoms with Crippen LogP contribution < -0.4 is 10.6 Å². The van der Waals surface area contributed by atoms with Gasteiger partial charge in [-0.05, 0) is 54.3 Å². The van der Waals surface area contributed by atoms with Crippen molar-refractivity contribution in [3.05, 3.63) is 64.7 Å². The van der Waals surface area contributed by atoms with Gasteiger partial charge >= 0.3 is 6.09 Å². The van der Waals surface area contributed by atoms with Gasteiger partial charge in [0.05, 0.1) is 6.61 Å². The molecule has 3 rings (SSSR count). The minimum absolute atomic E-state index is 0.333. The van der Waals surface area contributed by atoms with E-state index in [1.54, 1.807) is 0 Å². The molecule has 1 fully saturated rings. The summed E-state index contributed by atoms with van der Waals surface area (Å²) in [6.45, 7) is 2.43. The van der Waals surface area contributed by atoms with Crippen molar-refractivity contribution in [1.82, 2.24) is 5.32 Å². The van der Waals surface area contributed by atoms with Crippen molar-refractivity contribution >= 4 is 23.4 Å². The van der Waals surface area contributed by atoms with Gasteiger partial charge in [0.25, 0.3) is 0 Å². The van der Waals surface area contributed by atoms with Gasteiger partial charge in [0, 0.05) is 23.7 Å². The molecule has 24 heavy (non-hydrogen) atoms. The molecule has 1 saturated heterocycles. The van der Waals surface area contributed by atoms with Crippen LogP contribution in [0.4, 0.5) is 10.5 Å². The highest BCUT2D eigenvalue weighted by Crippen LogP contribution is 2.23. The van der Waals surface area contributed by atoms with E-state index in [2.05, 4.69) is 22.8 Å². The smallest absolute Gasteiger partial charge is 0.411 e. The molecule has 4 nitrogen and oxygen atoms in total. The summed E-state index contributed by atoms with van der Waals surface area (Å²) in [5.74, 6) is 0.574. The number of anilines is 1. The Morgan fingerprint density at radius 3 is 2.58 bits per heavy atom. The molecule has 0 bridgehead atoms. The van der Waals surface area contributed by atoms with Gasteiger partial charge < -0.3 is 10.1 Å². The second kappa shape index (κ2) is 8.18. The molecule has 126 valence electrons. The lowest BCUT2D eigenvalue weighted by Crippen LogP contribution is -2.15. The number of halogens is 1. The van der Waals surface area contributed by atoms with E-state index in [-0.39, 0.29) is 0 Å². The van der Waals surface area contributed by atoms with E-state index in [4.69, 9.17) is 16.3 Å². The standard InChI is InChI=1S/C19H21ClN2O2/c20-17-5-1-14(2-6-17)10-12-24-19(23)22-18-7-3-15(4-8-18)16-9-11-21-13-16/h1-8,16,21H,9-13H2,(H,22,23)/t16-/m0/s1. The molecule has 1 aliphatic heterocycles. The van der Waals surface area contributed by atoms with Gasteiger partial charge in [-0.15, -0.1) is 0 Å². The number of hydrogen-bond acceptors (Lipinski definition) is 3. The molecule has 2 aromatic carbocycles. The zero-order valence-corrected chi connectivity index (χ0v) is 14.2. The molecule has 1 aliphatic rings. The second-order valence-electron chi connectivity index (χ2n) is 5.95. The molecule has 1 amide bonds. The van der Waals surface area contributed by atoms with E-state index in [1.807, 2.05) is 36.4 Å². The van der Waals surface area contributed by atoms with Gasteiger partial charge in [-0.25, -0.2) is 4.79 Å². The van der Waals surface area contributed by atoms with E-state index >= 15 is 0 Å². The van der Waals surface area contributed by atoms with Crippen LogP contribution >= 0.6 is 11.6 Å². The van der Waals surface area contributed by atoms with E-state index in [0.29, 0.717) is 24.0 Å². The summed E-state index contributed by atoms with van der Waals surface area (Å²) < 4.78 is 5.22. The van der Waals surface area contributed by atoms with Crippen LogP contribution in [0, 0.1) is 0 Å². The number of rotatable bonds is 5. The Morgan fingerprint density at radius 1 is 1.17 bits per heavy atom. The van der Waals surface area contributed by atoms with Crippen LogP contribution in [0.1, 0.15) is 23.5 Å². The average molecular weight is 345 g/mol. The van der Waals surface area contributed by atoms with Crippen molar-refractivity contribution in [3.63, 3.8) is 0 Å². The van der Waals surface area contributed by atoms with Crippen molar-refractivity contribution in [2.45, 2.75) is 18.8 Å². The molecule has 0 spiro atoms. The van der Waals surface area contributed by atoms with Gasteiger partial charge in [-0.2, -0.15) is 0 Å². The maximum Gasteiger partial charge on any atom is 0.411 e. The molecule has 5 heteroatoms. The minimum Gasteiger partial charge on any atom is -0.449 e. The first kappa shape index (κ1) is 16.8. The summed E-state index contributed by atoms with van der Waals surface area (Å²) in [6, 6.07) is 15.5. The van der Waals surface area contributed by atoms with Crippen LogP contribution in [0.2, 0.25) is 5.02 Å². The Bertz CT molecular complexity index is 665. The first-order valence-electron chi connectivity index (χ1n) is 8.19. The lowest BCUT2D eigenvalue weighted by molar-refractivity contribution is 0.163. The summed E-state index contributed by atoms with van der Waals surface area (Å²) in [5, 5.41) is 6.82. The number of ether oxygens (including phenoxy) is 1. The molecule has 0 radical (unpaired) electrons. The predicted octanol–water partition coefficient (Wildman–Crippen LogP) is 4.21. The number of carbonyl (C=O) groups is 1. The lowest BCUT2D eigenvalue weighted by Gasteiger charge is -2.11. The third-order valence-electron chi connectivity index (χ3n) is 4.23. The van der Waals surface area contributed by atoms with E-state index < -0.39 is 6.09 Å². The third kappa shape index (κ3) is 4.73. The number of carbonyl (C=O) groups excluding carboxylic acids is 1. The Morgan fingerprint density at radius 2 is 1.92 bits per heavy atom. The SMILES string of the molecule is O=C(Nc1ccc([C@H]2CCNC2)cc1)OCCc1ccc(Cl)cc1. The first-order chi connectivity index (χ1) is 11.7. The Hall–Kier alpha value is -2.04. The van der Waals surface area contributed by atoms with Crippen molar-refractivity contribution in [1.29, 1.82) is 0 Å². The summed E-state index contributed by atoms with van der Waals surface area (Å²) in [7, 11) is 0. The number of amides is 1. The van der Waals surface area contributed by atoms with E-state index in [0.717, 1.165) is 24.3 Å². The van der Waals surface area contributed by atoms with E-state index in [9.17, 15) is 4.79 Å². The van der Waals surface area contributed by atoms with Crippen LogP contribution in [0.25, 0.3) is 0 Å². The Balaban J connectivity index is 1.43. The van der Waals surface area contributed by atoms with Crippen molar-refractivity contribution < 1.29 is 9.53 Å². The molecule has 0 aliphatic carbocycles. The minimum atomic E-state index is -0.431. The predicted molar refractivity (Wildman–Crippen MR) is 96.8 cm³/mol. The summed E-state index contributed by atoms with van der Waals surface area (Å²) in [6.07, 6.45) is 1.40. The highest BCUT2D eigenvalue weighted by molar-refractivity contribution is 6.30. The van der Waals surface area contributed by atoms with Crippen LogP contribution in [-0.4, -0.2) is 25.8 Å². The molecule has 2 aromatic rings. The maximum atomic E-state index is 11.8. The largest absolute Gasteiger partial charge is 0.449 e. The Labute approximate surface area is 147 Å². The molecule has 2 N–H and O–H groups in total. The van der Waals surface area contributed by atoms with Crippen LogP contribution in [0.5, 0.6) is 0 Å². The number of nitrogens with one attached hydrogen (secondary N) is 2. The fourth-order valence-corrected chi connectivity index (χ4v) is 2.97. The van der Waals surface area contributed by atoms with Crippen molar-refractivity contribution in [2.75, 3.05) is 25.0 Å². The van der Waals surface area contributed by atoms with Crippen LogP contribution in [0.3, 0.4) is 0 Å². The molecular formula is C19H21ClN2O2. The normalized spacial score (nSPS) is 16.8. The molecule has 1 heterocycles. The summed E-state index contributed by atoms with van der Waals surface area (Å²) in [4.78, 5) is 11.8. The molecule has 1 atom stereocenters. The summed E-state index contributed by atoms with van der Waals surface area (Å²) in [5.41, 5.74) is 3.14. The average Bonchev–Trinajstić information content (AvgIpc) is 3.12. The molecule has 0 unspecified atom stereocenters. The zero-order chi connectivity index (χ0) is 16.8. The number of hydrogen-bond donors (Lipinski definition) is 2. The third-order valence-corrected chi connectivity index (χ3v) is 4.48.